The summed E-state index contributed by atoms with van der Waals surface area (Å²) in [6, 6.07) is -0.0488. The van der Waals surface area contributed by atoms with E-state index < -0.39 is 0 Å². The van der Waals surface area contributed by atoms with Crippen molar-refractivity contribution >= 4 is 11.8 Å². The van der Waals surface area contributed by atoms with Crippen LogP contribution in [0, 0.1) is 0 Å². The number of likely N-dealkylation sites (tertiary alicyclic amines) is 1. The van der Waals surface area contributed by atoms with Crippen molar-refractivity contribution in [2.45, 2.75) is 52.5 Å². The number of nitrogens with zero attached hydrogens (tertiary/aromatic N) is 2. The number of amides is 2. The highest BCUT2D eigenvalue weighted by Gasteiger charge is 2.28. The summed E-state index contributed by atoms with van der Waals surface area (Å²) in [7, 11) is 0. The molecule has 1 fully saturated rings. The predicted molar refractivity (Wildman–Crippen MR) is 80.4 cm³/mol. The predicted octanol–water partition coefficient (Wildman–Crippen LogP) is 1.24. The summed E-state index contributed by atoms with van der Waals surface area (Å²) in [4.78, 5) is 27.9. The molecule has 2 amide bonds. The summed E-state index contributed by atoms with van der Waals surface area (Å²) in [5.74, 6) is 0.309. The molecule has 1 atom stereocenters. The molecular formula is C15H29N3O2. The van der Waals surface area contributed by atoms with Gasteiger partial charge in [-0.3, -0.25) is 9.59 Å². The Morgan fingerprint density at radius 3 is 2.65 bits per heavy atom. The number of hydrogen-bond donors (Lipinski definition) is 1. The van der Waals surface area contributed by atoms with Gasteiger partial charge in [-0.1, -0.05) is 6.92 Å². The number of carbonyl (C=O) groups excluding carboxylic acids is 2. The van der Waals surface area contributed by atoms with Crippen LogP contribution in [-0.2, 0) is 9.59 Å². The smallest absolute Gasteiger partial charge is 0.239 e. The largest absolute Gasteiger partial charge is 0.343 e. The van der Waals surface area contributed by atoms with Gasteiger partial charge >= 0.3 is 0 Å². The van der Waals surface area contributed by atoms with Crippen molar-refractivity contribution in [3.63, 3.8) is 0 Å². The van der Waals surface area contributed by atoms with Crippen LogP contribution in [0.25, 0.3) is 0 Å². The van der Waals surface area contributed by atoms with Crippen molar-refractivity contribution in [3.05, 3.63) is 0 Å². The third-order valence-electron chi connectivity index (χ3n) is 3.88. The summed E-state index contributed by atoms with van der Waals surface area (Å²) in [5.41, 5.74) is 0. The Morgan fingerprint density at radius 2 is 2.05 bits per heavy atom. The molecule has 0 aliphatic carbocycles. The maximum Gasteiger partial charge on any atom is 0.239 e. The summed E-state index contributed by atoms with van der Waals surface area (Å²) >= 11 is 0. The molecule has 0 spiro atoms. The van der Waals surface area contributed by atoms with Crippen molar-refractivity contribution in [2.24, 2.45) is 0 Å². The van der Waals surface area contributed by atoms with Crippen LogP contribution in [0.3, 0.4) is 0 Å². The van der Waals surface area contributed by atoms with Crippen molar-refractivity contribution < 1.29 is 9.59 Å². The Hall–Kier alpha value is -1.10. The molecule has 0 bridgehead atoms. The lowest BCUT2D eigenvalue weighted by molar-refractivity contribution is -0.137. The lowest BCUT2D eigenvalue weighted by Crippen LogP contribution is -2.51. The average molecular weight is 283 g/mol. The molecule has 0 aromatic heterocycles. The topological polar surface area (TPSA) is 52.7 Å². The Bertz CT molecular complexity index is 316. The van der Waals surface area contributed by atoms with Crippen LogP contribution < -0.4 is 5.32 Å². The molecule has 5 heteroatoms. The fourth-order valence-electron chi connectivity index (χ4n) is 2.64. The van der Waals surface area contributed by atoms with Crippen LogP contribution >= 0.6 is 0 Å². The van der Waals surface area contributed by atoms with Gasteiger partial charge in [0.25, 0.3) is 0 Å². The molecule has 0 saturated carbocycles. The molecule has 1 aliphatic rings. The van der Waals surface area contributed by atoms with Gasteiger partial charge < -0.3 is 15.1 Å². The first-order chi connectivity index (χ1) is 9.63. The van der Waals surface area contributed by atoms with E-state index in [2.05, 4.69) is 12.2 Å². The molecule has 1 N–H and O–H groups in total. The van der Waals surface area contributed by atoms with Crippen LogP contribution in [0.1, 0.15) is 46.5 Å². The lowest BCUT2D eigenvalue weighted by Gasteiger charge is -2.33. The Balaban J connectivity index is 2.42. The van der Waals surface area contributed by atoms with E-state index in [4.69, 9.17) is 0 Å². The van der Waals surface area contributed by atoms with Gasteiger partial charge in [-0.15, -0.1) is 0 Å². The normalized spacial score (nSPS) is 19.2. The maximum absolute atomic E-state index is 12.3. The third-order valence-corrected chi connectivity index (χ3v) is 3.88. The standard InChI is InChI=1S/C15H29N3O2/c1-4-10-16-13-8-7-11-18(15(13)20)12-9-14(19)17(5-2)6-3/h13,16H,4-12H2,1-3H3. The van der Waals surface area contributed by atoms with Crippen LogP contribution in [0.5, 0.6) is 0 Å². The molecule has 0 aromatic carbocycles. The van der Waals surface area contributed by atoms with Crippen LogP contribution in [-0.4, -0.2) is 60.4 Å². The monoisotopic (exact) mass is 283 g/mol. The van der Waals surface area contributed by atoms with Gasteiger partial charge in [-0.25, -0.2) is 0 Å². The Morgan fingerprint density at radius 1 is 1.35 bits per heavy atom. The lowest BCUT2D eigenvalue weighted by atomic mass is 10.0. The summed E-state index contributed by atoms with van der Waals surface area (Å²) < 4.78 is 0. The minimum atomic E-state index is -0.0488. The van der Waals surface area contributed by atoms with E-state index in [1.807, 2.05) is 23.6 Å². The van der Waals surface area contributed by atoms with Crippen molar-refractivity contribution in [2.75, 3.05) is 32.7 Å². The molecule has 1 heterocycles. The van der Waals surface area contributed by atoms with Gasteiger partial charge in [0.05, 0.1) is 6.04 Å². The van der Waals surface area contributed by atoms with Crippen LogP contribution in [0.4, 0.5) is 0 Å². The first kappa shape index (κ1) is 17.0. The van der Waals surface area contributed by atoms with Gasteiger partial charge in [-0.2, -0.15) is 0 Å². The summed E-state index contributed by atoms with van der Waals surface area (Å²) in [6.07, 6.45) is 3.41. The zero-order chi connectivity index (χ0) is 15.0. The van der Waals surface area contributed by atoms with Gasteiger partial charge in [0, 0.05) is 32.6 Å². The minimum Gasteiger partial charge on any atom is -0.343 e. The number of nitrogens with one attached hydrogen (secondary N) is 1. The second kappa shape index (κ2) is 8.95. The summed E-state index contributed by atoms with van der Waals surface area (Å²) in [6.45, 7) is 9.76. The Labute approximate surface area is 122 Å². The van der Waals surface area contributed by atoms with E-state index in [1.54, 1.807) is 0 Å². The van der Waals surface area contributed by atoms with E-state index in [1.165, 1.54) is 0 Å². The van der Waals surface area contributed by atoms with Gasteiger partial charge in [0.1, 0.15) is 0 Å². The first-order valence-corrected chi connectivity index (χ1v) is 7.93. The summed E-state index contributed by atoms with van der Waals surface area (Å²) in [5, 5.41) is 3.30. The minimum absolute atomic E-state index is 0.0488. The molecule has 20 heavy (non-hydrogen) atoms. The van der Waals surface area contributed by atoms with Gasteiger partial charge in [-0.05, 0) is 39.7 Å². The number of piperidine rings is 1. The highest BCUT2D eigenvalue weighted by molar-refractivity contribution is 5.83. The van der Waals surface area contributed by atoms with Crippen LogP contribution in [0.2, 0.25) is 0 Å². The zero-order valence-electron chi connectivity index (χ0n) is 13.2. The van der Waals surface area contributed by atoms with E-state index in [9.17, 15) is 9.59 Å². The SMILES string of the molecule is CCCNC1CCCN(CCC(=O)N(CC)CC)C1=O. The Kier molecular flexibility index (Phi) is 7.59. The maximum atomic E-state index is 12.3. The number of rotatable bonds is 8. The molecule has 1 aliphatic heterocycles. The van der Waals surface area contributed by atoms with E-state index in [0.717, 1.165) is 45.4 Å². The quantitative estimate of drug-likeness (QED) is 0.729. The third kappa shape index (κ3) is 4.78. The van der Waals surface area contributed by atoms with E-state index in [0.29, 0.717) is 13.0 Å². The highest BCUT2D eigenvalue weighted by atomic mass is 16.2. The van der Waals surface area contributed by atoms with Crippen molar-refractivity contribution in [1.82, 2.24) is 15.1 Å². The molecule has 116 valence electrons. The second-order valence-corrected chi connectivity index (χ2v) is 5.29. The highest BCUT2D eigenvalue weighted by Crippen LogP contribution is 2.12. The molecule has 1 unspecified atom stereocenters. The van der Waals surface area contributed by atoms with Crippen LogP contribution in [0.15, 0.2) is 0 Å². The molecule has 0 aromatic rings. The fourth-order valence-corrected chi connectivity index (χ4v) is 2.64. The molecule has 0 radical (unpaired) electrons. The molecule has 1 saturated heterocycles. The number of carbonyl (C=O) groups is 2. The first-order valence-electron chi connectivity index (χ1n) is 7.93. The number of hydrogen-bond acceptors (Lipinski definition) is 3. The van der Waals surface area contributed by atoms with E-state index >= 15 is 0 Å². The molecule has 1 rings (SSSR count). The van der Waals surface area contributed by atoms with Crippen molar-refractivity contribution in [1.29, 1.82) is 0 Å². The van der Waals surface area contributed by atoms with Gasteiger partial charge in [0.15, 0.2) is 0 Å². The second-order valence-electron chi connectivity index (χ2n) is 5.29. The van der Waals surface area contributed by atoms with E-state index in [-0.39, 0.29) is 17.9 Å². The molecular weight excluding hydrogens is 254 g/mol. The van der Waals surface area contributed by atoms with Gasteiger partial charge in [0.2, 0.25) is 11.8 Å². The average Bonchev–Trinajstić information content (AvgIpc) is 2.46. The fraction of sp³-hybridized carbons (Fsp3) is 0.867. The molecule has 5 nitrogen and oxygen atoms in total. The van der Waals surface area contributed by atoms with Crippen molar-refractivity contribution in [3.8, 4) is 0 Å². The zero-order valence-corrected chi connectivity index (χ0v) is 13.2.